The third-order valence-corrected chi connectivity index (χ3v) is 13.5. The number of hydrogen-bond donors (Lipinski definition) is 2. The minimum Gasteiger partial charge on any atom is -0.352 e. The summed E-state index contributed by atoms with van der Waals surface area (Å²) in [6.07, 6.45) is 12.1. The van der Waals surface area contributed by atoms with Crippen LogP contribution in [0, 0.1) is 0 Å². The molecule has 2 N–H and O–H groups in total. The van der Waals surface area contributed by atoms with Crippen LogP contribution in [0.2, 0.25) is 10.0 Å². The number of likely N-dealkylation sites (tertiary alicyclic amines) is 2. The molecule has 4 amide bonds. The van der Waals surface area contributed by atoms with Crippen molar-refractivity contribution in [3.05, 3.63) is 105 Å². The van der Waals surface area contributed by atoms with Gasteiger partial charge in [0.2, 0.25) is 23.6 Å². The highest BCUT2D eigenvalue weighted by Gasteiger charge is 2.23. The number of benzene rings is 4. The molecule has 328 valence electrons. The van der Waals surface area contributed by atoms with E-state index in [0.29, 0.717) is 99.5 Å². The van der Waals surface area contributed by atoms with Crippen molar-refractivity contribution in [1.29, 1.82) is 0 Å². The summed E-state index contributed by atoms with van der Waals surface area (Å²) < 4.78 is 0. The largest absolute Gasteiger partial charge is 0.352 e. The maximum Gasteiger partial charge on any atom is 0.244 e. The van der Waals surface area contributed by atoms with E-state index in [0.717, 1.165) is 80.2 Å². The van der Waals surface area contributed by atoms with Crippen molar-refractivity contribution >= 4 is 70.7 Å². The van der Waals surface area contributed by atoms with Crippen LogP contribution in [-0.2, 0) is 41.8 Å². The summed E-state index contributed by atoms with van der Waals surface area (Å²) in [6, 6.07) is 19.3. The molecule has 0 unspecified atom stereocenters. The summed E-state index contributed by atoms with van der Waals surface area (Å²) in [5, 5.41) is 6.82. The second kappa shape index (κ2) is 20.9. The van der Waals surface area contributed by atoms with E-state index < -0.39 is 0 Å². The molecule has 0 bridgehead atoms. The van der Waals surface area contributed by atoms with Crippen LogP contribution in [0.1, 0.15) is 60.8 Å². The number of rotatable bonds is 16. The second-order valence-corrected chi connectivity index (χ2v) is 17.5. The van der Waals surface area contributed by atoms with E-state index in [4.69, 9.17) is 42.8 Å². The first kappa shape index (κ1) is 44.3. The molecule has 0 aliphatic carbocycles. The first-order valence-electron chi connectivity index (χ1n) is 21.4. The van der Waals surface area contributed by atoms with Crippen molar-refractivity contribution in [3.63, 3.8) is 0 Å². The van der Waals surface area contributed by atoms with Crippen molar-refractivity contribution in [3.8, 4) is 33.8 Å². The third-order valence-electron chi connectivity index (χ3n) is 11.4. The van der Waals surface area contributed by atoms with Gasteiger partial charge in [-0.3, -0.25) is 19.2 Å². The van der Waals surface area contributed by atoms with Crippen molar-refractivity contribution in [2.45, 2.75) is 61.2 Å². The first-order valence-corrected chi connectivity index (χ1v) is 22.9. The molecule has 0 radical (unpaired) electrons. The van der Waals surface area contributed by atoms with Gasteiger partial charge in [0.25, 0.3) is 0 Å². The molecule has 0 saturated carbocycles. The van der Waals surface area contributed by atoms with E-state index >= 15 is 0 Å². The normalized spacial score (nSPS) is 16.0. The summed E-state index contributed by atoms with van der Waals surface area (Å²) in [5.74, 6) is 1.12. The van der Waals surface area contributed by atoms with Crippen molar-refractivity contribution in [2.24, 2.45) is 0 Å². The monoisotopic (exact) mass is 910 g/mol. The molecule has 2 saturated heterocycles. The number of fused-ring (bicyclic) bond motifs is 2. The van der Waals surface area contributed by atoms with Gasteiger partial charge in [-0.15, -0.1) is 0 Å². The van der Waals surface area contributed by atoms with Gasteiger partial charge in [-0.1, -0.05) is 59.2 Å². The SMILES string of the molecule is O=C(/C=C/c1ccc(Sc2ccc(/C=C/C(=O)NCCCN3CCCC3=O)c(-c3ccc4c(c3)CCOO4)c2Cl)c(Cl)c1-c1ccc2c(c1)CCOO2)NCCCN1CCCC1=O. The van der Waals surface area contributed by atoms with E-state index in [1.54, 1.807) is 12.2 Å². The minimum absolute atomic E-state index is 0.170. The van der Waals surface area contributed by atoms with Crippen molar-refractivity contribution in [2.75, 3.05) is 52.5 Å². The molecular weight excluding hydrogens is 864 g/mol. The van der Waals surface area contributed by atoms with Crippen molar-refractivity contribution in [1.82, 2.24) is 20.4 Å². The van der Waals surface area contributed by atoms with E-state index in [2.05, 4.69) is 10.6 Å². The maximum atomic E-state index is 13.0. The highest BCUT2D eigenvalue weighted by Crippen LogP contribution is 2.47. The fourth-order valence-electron chi connectivity index (χ4n) is 8.11. The fourth-order valence-corrected chi connectivity index (χ4v) is 9.80. The predicted octanol–water partition coefficient (Wildman–Crippen LogP) is 8.50. The first-order chi connectivity index (χ1) is 30.7. The van der Waals surface area contributed by atoms with Crippen LogP contribution in [-0.4, -0.2) is 85.9 Å². The molecule has 4 aliphatic heterocycles. The van der Waals surface area contributed by atoms with Crippen LogP contribution in [0.4, 0.5) is 0 Å². The number of hydrogen-bond acceptors (Lipinski definition) is 9. The van der Waals surface area contributed by atoms with Crippen LogP contribution >= 0.6 is 35.0 Å². The Morgan fingerprint density at radius 3 is 1.52 bits per heavy atom. The second-order valence-electron chi connectivity index (χ2n) is 15.7. The third kappa shape index (κ3) is 10.9. The van der Waals surface area contributed by atoms with Gasteiger partial charge >= 0.3 is 0 Å². The predicted molar refractivity (Wildman–Crippen MR) is 243 cm³/mol. The highest BCUT2D eigenvalue weighted by molar-refractivity contribution is 7.99. The van der Waals surface area contributed by atoms with E-state index in [-0.39, 0.29) is 23.6 Å². The lowest BCUT2D eigenvalue weighted by Gasteiger charge is -2.20. The summed E-state index contributed by atoms with van der Waals surface area (Å²) in [4.78, 5) is 76.3. The molecule has 4 aromatic rings. The van der Waals surface area contributed by atoms with Crippen LogP contribution in [0.25, 0.3) is 34.4 Å². The van der Waals surface area contributed by atoms with Crippen LogP contribution in [0.5, 0.6) is 11.5 Å². The number of carbonyl (C=O) groups is 4. The lowest BCUT2D eigenvalue weighted by Crippen LogP contribution is -2.29. The van der Waals surface area contributed by atoms with Gasteiger partial charge in [-0.05, 0) is 96.5 Å². The highest BCUT2D eigenvalue weighted by atomic mass is 35.5. The molecule has 0 aromatic heterocycles. The Labute approximate surface area is 380 Å². The maximum absolute atomic E-state index is 13.0. The van der Waals surface area contributed by atoms with Crippen LogP contribution in [0.15, 0.2) is 82.6 Å². The molecule has 12 nitrogen and oxygen atoms in total. The Bertz CT molecular complexity index is 2290. The summed E-state index contributed by atoms with van der Waals surface area (Å²) >= 11 is 16.2. The zero-order valence-electron chi connectivity index (χ0n) is 34.7. The summed E-state index contributed by atoms with van der Waals surface area (Å²) in [5.41, 5.74) is 6.59. The zero-order chi connectivity index (χ0) is 43.7. The lowest BCUT2D eigenvalue weighted by molar-refractivity contribution is -0.215. The quantitative estimate of drug-likeness (QED) is 0.0645. The van der Waals surface area contributed by atoms with E-state index in [1.807, 2.05) is 70.5 Å². The Morgan fingerprint density at radius 1 is 0.635 bits per heavy atom. The standard InChI is InChI=1S/C48H48Cl2N4O8S/c49-47-39(15-9-31(45(47)35-7-13-37-33(29-35)19-27-59-61-37)11-17-41(55)51-21-3-25-53-23-1-5-43(53)57)63-40-16-10-32(12-18-42(56)52-22-4-26-54-24-2-6-44(54)58)46(48(40)50)36-8-14-38-34(30-36)20-28-60-62-38/h7-18,29-30H,1-6,19-28H2,(H,51,55)(H,52,56)/b17-11+,18-12+. The lowest BCUT2D eigenvalue weighted by atomic mass is 9.96. The summed E-state index contributed by atoms with van der Waals surface area (Å²) in [7, 11) is 0. The average Bonchev–Trinajstić information content (AvgIpc) is 3.92. The molecule has 15 heteroatoms. The number of carbonyl (C=O) groups excluding carboxylic acids is 4. The van der Waals surface area contributed by atoms with Gasteiger partial charge in [0.05, 0.1) is 23.3 Å². The molecule has 63 heavy (non-hydrogen) atoms. The van der Waals surface area contributed by atoms with Crippen molar-refractivity contribution < 1.29 is 38.7 Å². The molecule has 2 fully saturated rings. The molecule has 4 heterocycles. The van der Waals surface area contributed by atoms with Gasteiger partial charge in [0, 0.05) is 109 Å². The Morgan fingerprint density at radius 2 is 1.10 bits per heavy atom. The van der Waals surface area contributed by atoms with Gasteiger partial charge in [-0.2, -0.15) is 9.78 Å². The molecular formula is C48H48Cl2N4O8S. The number of nitrogens with one attached hydrogen (secondary N) is 2. The molecule has 4 aromatic carbocycles. The van der Waals surface area contributed by atoms with Gasteiger partial charge in [0.15, 0.2) is 11.5 Å². The smallest absolute Gasteiger partial charge is 0.244 e. The fraction of sp³-hybridized carbons (Fsp3) is 0.333. The molecule has 0 spiro atoms. The number of amides is 4. The average molecular weight is 912 g/mol. The van der Waals surface area contributed by atoms with E-state index in [1.165, 1.54) is 23.9 Å². The number of halogens is 2. The minimum atomic E-state index is -0.248. The topological polar surface area (TPSA) is 136 Å². The Balaban J connectivity index is 1.06. The zero-order valence-corrected chi connectivity index (χ0v) is 37.0. The number of nitrogens with zero attached hydrogens (tertiary/aromatic N) is 2. The van der Waals surface area contributed by atoms with Gasteiger partial charge in [0.1, 0.15) is 0 Å². The van der Waals surface area contributed by atoms with Crippen LogP contribution < -0.4 is 20.4 Å². The summed E-state index contributed by atoms with van der Waals surface area (Å²) in [6.45, 7) is 4.53. The Kier molecular flexibility index (Phi) is 14.7. The molecule has 0 atom stereocenters. The molecule has 8 rings (SSSR count). The Hall–Kier alpha value is -5.31. The van der Waals surface area contributed by atoms with Gasteiger partial charge in [-0.25, -0.2) is 0 Å². The molecule has 4 aliphatic rings. The van der Waals surface area contributed by atoms with Crippen LogP contribution in [0.3, 0.4) is 0 Å². The van der Waals surface area contributed by atoms with E-state index in [9.17, 15) is 19.2 Å². The van der Waals surface area contributed by atoms with Gasteiger partial charge < -0.3 is 30.2 Å².